The average Bonchev–Trinajstić information content (AvgIpc) is 2.71. The molecule has 0 atom stereocenters. The Morgan fingerprint density at radius 3 is 2.50 bits per heavy atom. The Morgan fingerprint density at radius 1 is 1.13 bits per heavy atom. The van der Waals surface area contributed by atoms with E-state index >= 15 is 0 Å². The zero-order chi connectivity index (χ0) is 21.7. The number of carbonyl (C=O) groups is 1. The molecular formula is C21H17F3N2O3S. The second-order valence-electron chi connectivity index (χ2n) is 6.33. The monoisotopic (exact) mass is 434 g/mol. The predicted octanol–water partition coefficient (Wildman–Crippen LogP) is 5.23. The van der Waals surface area contributed by atoms with Crippen molar-refractivity contribution in [2.75, 3.05) is 6.61 Å². The van der Waals surface area contributed by atoms with Crippen molar-refractivity contribution in [3.05, 3.63) is 71.7 Å². The van der Waals surface area contributed by atoms with Gasteiger partial charge in [0.1, 0.15) is 11.6 Å². The van der Waals surface area contributed by atoms with Gasteiger partial charge in [0.05, 0.1) is 17.0 Å². The lowest BCUT2D eigenvalue weighted by molar-refractivity contribution is -0.139. The van der Waals surface area contributed by atoms with Crippen molar-refractivity contribution in [1.82, 2.24) is 9.97 Å². The molecule has 0 unspecified atom stereocenters. The molecule has 3 rings (SSSR count). The number of hydrogen-bond donors (Lipinski definition) is 1. The van der Waals surface area contributed by atoms with E-state index < -0.39 is 24.3 Å². The normalized spacial score (nSPS) is 11.3. The molecule has 30 heavy (non-hydrogen) atoms. The number of benzene rings is 2. The van der Waals surface area contributed by atoms with Crippen LogP contribution in [-0.2, 0) is 16.7 Å². The summed E-state index contributed by atoms with van der Waals surface area (Å²) in [6, 6.07) is 11.9. The largest absolute Gasteiger partial charge is 0.482 e. The summed E-state index contributed by atoms with van der Waals surface area (Å²) in [4.78, 5) is 20.2. The molecule has 0 fully saturated rings. The Kier molecular flexibility index (Phi) is 6.61. The van der Waals surface area contributed by atoms with Crippen molar-refractivity contribution in [2.45, 2.75) is 23.7 Å². The summed E-state index contributed by atoms with van der Waals surface area (Å²) in [5.74, 6) is 0.463. The molecule has 0 aliphatic carbocycles. The molecule has 0 radical (unpaired) electrons. The molecule has 0 spiro atoms. The van der Waals surface area contributed by atoms with Gasteiger partial charge in [-0.1, -0.05) is 12.1 Å². The number of halogens is 3. The second kappa shape index (κ2) is 9.17. The SMILES string of the molecule is Cc1cc(SCc2nccc(-c3ccc(C(F)(F)F)cc3)n2)ccc1OCC(=O)O. The van der Waals surface area contributed by atoms with Gasteiger partial charge in [-0.15, -0.1) is 11.8 Å². The molecule has 1 N–H and O–H groups in total. The number of ether oxygens (including phenoxy) is 1. The van der Waals surface area contributed by atoms with Crippen LogP contribution >= 0.6 is 11.8 Å². The Bertz CT molecular complexity index is 1040. The summed E-state index contributed by atoms with van der Waals surface area (Å²) in [6.45, 7) is 1.42. The van der Waals surface area contributed by atoms with E-state index in [0.29, 0.717) is 28.6 Å². The number of carboxylic acid groups (broad SMARTS) is 1. The number of aliphatic carboxylic acids is 1. The molecule has 0 saturated heterocycles. The number of nitrogens with zero attached hydrogens (tertiary/aromatic N) is 2. The van der Waals surface area contributed by atoms with E-state index in [4.69, 9.17) is 9.84 Å². The van der Waals surface area contributed by atoms with Crippen molar-refractivity contribution >= 4 is 17.7 Å². The Morgan fingerprint density at radius 2 is 1.87 bits per heavy atom. The van der Waals surface area contributed by atoms with Crippen molar-refractivity contribution in [1.29, 1.82) is 0 Å². The van der Waals surface area contributed by atoms with Gasteiger partial charge in [0.15, 0.2) is 6.61 Å². The fraction of sp³-hybridized carbons (Fsp3) is 0.190. The average molecular weight is 434 g/mol. The van der Waals surface area contributed by atoms with Crippen LogP contribution in [0, 0.1) is 6.92 Å². The molecular weight excluding hydrogens is 417 g/mol. The highest BCUT2D eigenvalue weighted by molar-refractivity contribution is 7.98. The second-order valence-corrected chi connectivity index (χ2v) is 7.38. The number of alkyl halides is 3. The molecule has 5 nitrogen and oxygen atoms in total. The van der Waals surface area contributed by atoms with Gasteiger partial charge in [-0.25, -0.2) is 14.8 Å². The maximum absolute atomic E-state index is 12.7. The number of carboxylic acids is 1. The topological polar surface area (TPSA) is 72.3 Å². The van der Waals surface area contributed by atoms with Gasteiger partial charge in [0.25, 0.3) is 0 Å². The van der Waals surface area contributed by atoms with Crippen molar-refractivity contribution < 1.29 is 27.8 Å². The van der Waals surface area contributed by atoms with Crippen LogP contribution in [0.3, 0.4) is 0 Å². The van der Waals surface area contributed by atoms with Gasteiger partial charge >= 0.3 is 12.1 Å². The van der Waals surface area contributed by atoms with Crippen LogP contribution in [0.2, 0.25) is 0 Å². The fourth-order valence-electron chi connectivity index (χ4n) is 2.62. The highest BCUT2D eigenvalue weighted by Crippen LogP contribution is 2.31. The molecule has 0 saturated carbocycles. The molecule has 1 heterocycles. The Balaban J connectivity index is 1.67. The molecule has 9 heteroatoms. The first-order valence-electron chi connectivity index (χ1n) is 8.80. The molecule has 0 aliphatic heterocycles. The summed E-state index contributed by atoms with van der Waals surface area (Å²) in [5.41, 5.74) is 1.22. The maximum Gasteiger partial charge on any atom is 0.416 e. The zero-order valence-corrected chi connectivity index (χ0v) is 16.6. The molecule has 0 bridgehead atoms. The summed E-state index contributed by atoms with van der Waals surface area (Å²) < 4.78 is 43.4. The minimum atomic E-state index is -4.38. The number of aryl methyl sites for hydroxylation is 1. The van der Waals surface area contributed by atoms with Gasteiger partial charge in [0.2, 0.25) is 0 Å². The molecule has 2 aromatic carbocycles. The third kappa shape index (κ3) is 5.73. The summed E-state index contributed by atoms with van der Waals surface area (Å²) in [5, 5.41) is 8.69. The standard InChI is InChI=1S/C21H17F3N2O3S/c1-13-10-16(6-7-18(13)29-11-20(27)28)30-12-19-25-9-8-17(26-19)14-2-4-15(5-3-14)21(22,23)24/h2-10H,11-12H2,1H3,(H,27,28). The van der Waals surface area contributed by atoms with Gasteiger partial charge in [-0.3, -0.25) is 0 Å². The Hall–Kier alpha value is -3.07. The summed E-state index contributed by atoms with van der Waals surface area (Å²) in [6.07, 6.45) is -2.80. The number of thioether (sulfide) groups is 1. The van der Waals surface area contributed by atoms with E-state index in [9.17, 15) is 18.0 Å². The van der Waals surface area contributed by atoms with Crippen molar-refractivity contribution in [2.24, 2.45) is 0 Å². The quantitative estimate of drug-likeness (QED) is 0.514. The minimum absolute atomic E-state index is 0.405. The fourth-order valence-corrected chi connectivity index (χ4v) is 3.48. The number of hydrogen-bond acceptors (Lipinski definition) is 5. The summed E-state index contributed by atoms with van der Waals surface area (Å²) in [7, 11) is 0. The van der Waals surface area contributed by atoms with E-state index in [0.717, 1.165) is 22.6 Å². The molecule has 1 aromatic heterocycles. The van der Waals surface area contributed by atoms with Gasteiger partial charge in [-0.2, -0.15) is 13.2 Å². The van der Waals surface area contributed by atoms with Crippen molar-refractivity contribution in [3.63, 3.8) is 0 Å². The van der Waals surface area contributed by atoms with E-state index in [1.165, 1.54) is 23.9 Å². The first kappa shape index (κ1) is 21.6. The van der Waals surface area contributed by atoms with Crippen LogP contribution in [0.4, 0.5) is 13.2 Å². The van der Waals surface area contributed by atoms with Gasteiger partial charge < -0.3 is 9.84 Å². The van der Waals surface area contributed by atoms with E-state index in [1.807, 2.05) is 19.1 Å². The first-order valence-corrected chi connectivity index (χ1v) is 9.78. The van der Waals surface area contributed by atoms with E-state index in [2.05, 4.69) is 9.97 Å². The van der Waals surface area contributed by atoms with Crippen LogP contribution < -0.4 is 4.74 Å². The van der Waals surface area contributed by atoms with E-state index in [-0.39, 0.29) is 0 Å². The molecule has 3 aromatic rings. The third-order valence-electron chi connectivity index (χ3n) is 4.08. The number of rotatable bonds is 7. The number of aromatic nitrogens is 2. The molecule has 0 amide bonds. The van der Waals surface area contributed by atoms with Crippen LogP contribution in [0.1, 0.15) is 17.0 Å². The summed E-state index contributed by atoms with van der Waals surface area (Å²) >= 11 is 1.48. The molecule has 156 valence electrons. The zero-order valence-electron chi connectivity index (χ0n) is 15.8. The van der Waals surface area contributed by atoms with Crippen LogP contribution in [0.25, 0.3) is 11.3 Å². The lowest BCUT2D eigenvalue weighted by Crippen LogP contribution is -2.09. The lowest BCUT2D eigenvalue weighted by Gasteiger charge is -2.09. The third-order valence-corrected chi connectivity index (χ3v) is 5.07. The molecule has 0 aliphatic rings. The van der Waals surface area contributed by atoms with Crippen LogP contribution in [-0.4, -0.2) is 27.7 Å². The van der Waals surface area contributed by atoms with Crippen LogP contribution in [0.15, 0.2) is 59.6 Å². The van der Waals surface area contributed by atoms with Gasteiger partial charge in [-0.05, 0) is 48.9 Å². The van der Waals surface area contributed by atoms with E-state index in [1.54, 1.807) is 18.3 Å². The van der Waals surface area contributed by atoms with Crippen molar-refractivity contribution in [3.8, 4) is 17.0 Å². The predicted molar refractivity (Wildman–Crippen MR) is 106 cm³/mol. The Labute approximate surface area is 174 Å². The lowest BCUT2D eigenvalue weighted by atomic mass is 10.1. The highest BCUT2D eigenvalue weighted by Gasteiger charge is 2.30. The highest BCUT2D eigenvalue weighted by atomic mass is 32.2. The first-order chi connectivity index (χ1) is 14.2. The smallest absolute Gasteiger partial charge is 0.416 e. The van der Waals surface area contributed by atoms with Crippen LogP contribution in [0.5, 0.6) is 5.75 Å². The maximum atomic E-state index is 12.7. The van der Waals surface area contributed by atoms with Gasteiger partial charge in [0, 0.05) is 16.7 Å². The minimum Gasteiger partial charge on any atom is -0.482 e.